The molecule has 3 atom stereocenters. The topological polar surface area (TPSA) is 48.6 Å². The fourth-order valence-corrected chi connectivity index (χ4v) is 4.54. The molecule has 2 fully saturated rings. The van der Waals surface area contributed by atoms with Crippen molar-refractivity contribution in [1.29, 1.82) is 0 Å². The third-order valence-electron chi connectivity index (χ3n) is 5.61. The van der Waals surface area contributed by atoms with Crippen LogP contribution in [0.1, 0.15) is 42.7 Å². The molecule has 4 rings (SSSR count). The molecule has 26 heavy (non-hydrogen) atoms. The van der Waals surface area contributed by atoms with Gasteiger partial charge in [-0.2, -0.15) is 0 Å². The number of hydrogen-bond donors (Lipinski definition) is 1. The molecule has 1 amide bonds. The maximum absolute atomic E-state index is 13.1. The minimum atomic E-state index is 0.135. The number of carbonyl (C=O) groups is 1. The number of morpholine rings is 1. The molecule has 1 aromatic heterocycles. The van der Waals surface area contributed by atoms with Gasteiger partial charge in [0.1, 0.15) is 5.69 Å². The highest BCUT2D eigenvalue weighted by Gasteiger charge is 2.33. The molecule has 2 aliphatic heterocycles. The zero-order valence-corrected chi connectivity index (χ0v) is 16.0. The Kier molecular flexibility index (Phi) is 4.76. The van der Waals surface area contributed by atoms with Crippen LogP contribution in [-0.2, 0) is 4.74 Å². The number of aryl methyl sites for hydroxylation is 1. The number of ether oxygens (including phenoxy) is 1. The van der Waals surface area contributed by atoms with Crippen molar-refractivity contribution >= 4 is 16.8 Å². The standard InChI is InChI=1S/C21H29N3O2/c1-14-6-7-17-10-20(22-19(17)9-14)21(25)24-8-4-5-18(24)13-23-11-15(2)26-16(3)12-23/h6-7,9-10,15-16,18,22H,4-5,8,11-13H2,1-3H3. The Hall–Kier alpha value is -1.85. The Labute approximate surface area is 155 Å². The first-order valence-electron chi connectivity index (χ1n) is 9.78. The van der Waals surface area contributed by atoms with Gasteiger partial charge in [0.15, 0.2) is 0 Å². The van der Waals surface area contributed by atoms with Crippen molar-refractivity contribution in [1.82, 2.24) is 14.8 Å². The summed E-state index contributed by atoms with van der Waals surface area (Å²) in [6, 6.07) is 8.56. The lowest BCUT2D eigenvalue weighted by molar-refractivity contribution is -0.0715. The third-order valence-corrected chi connectivity index (χ3v) is 5.61. The lowest BCUT2D eigenvalue weighted by atomic mass is 10.1. The molecule has 140 valence electrons. The van der Waals surface area contributed by atoms with E-state index < -0.39 is 0 Å². The smallest absolute Gasteiger partial charge is 0.270 e. The van der Waals surface area contributed by atoms with Crippen molar-refractivity contribution in [3.05, 3.63) is 35.5 Å². The van der Waals surface area contributed by atoms with Crippen LogP contribution in [0.15, 0.2) is 24.3 Å². The SMILES string of the molecule is Cc1ccc2cc(C(=O)N3CCCC3CN3CC(C)OC(C)C3)[nH]c2c1. The fourth-order valence-electron chi connectivity index (χ4n) is 4.54. The summed E-state index contributed by atoms with van der Waals surface area (Å²) in [7, 11) is 0. The number of amides is 1. The maximum atomic E-state index is 13.1. The van der Waals surface area contributed by atoms with Gasteiger partial charge in [-0.25, -0.2) is 0 Å². The van der Waals surface area contributed by atoms with Crippen molar-refractivity contribution in [2.45, 2.75) is 51.9 Å². The molecule has 0 radical (unpaired) electrons. The Bertz CT molecular complexity index is 790. The second-order valence-corrected chi connectivity index (χ2v) is 8.04. The zero-order valence-electron chi connectivity index (χ0n) is 16.0. The van der Waals surface area contributed by atoms with Crippen LogP contribution in [0.3, 0.4) is 0 Å². The predicted octanol–water partition coefficient (Wildman–Crippen LogP) is 3.19. The molecule has 5 nitrogen and oxygen atoms in total. The van der Waals surface area contributed by atoms with E-state index in [0.29, 0.717) is 11.7 Å². The maximum Gasteiger partial charge on any atom is 0.270 e. The van der Waals surface area contributed by atoms with Gasteiger partial charge >= 0.3 is 0 Å². The van der Waals surface area contributed by atoms with Gasteiger partial charge in [0.05, 0.1) is 12.2 Å². The lowest BCUT2D eigenvalue weighted by Gasteiger charge is -2.38. The van der Waals surface area contributed by atoms with Gasteiger partial charge in [-0.3, -0.25) is 9.69 Å². The minimum Gasteiger partial charge on any atom is -0.373 e. The molecule has 2 saturated heterocycles. The van der Waals surface area contributed by atoms with Crippen LogP contribution in [0.25, 0.3) is 10.9 Å². The first-order chi connectivity index (χ1) is 12.5. The number of benzene rings is 1. The Morgan fingerprint density at radius 3 is 2.77 bits per heavy atom. The van der Waals surface area contributed by atoms with Crippen LogP contribution in [0.2, 0.25) is 0 Å². The summed E-state index contributed by atoms with van der Waals surface area (Å²) in [6.45, 7) is 10.0. The van der Waals surface area contributed by atoms with Crippen molar-refractivity contribution in [2.24, 2.45) is 0 Å². The third kappa shape index (κ3) is 3.51. The molecule has 0 bridgehead atoms. The highest BCUT2D eigenvalue weighted by Crippen LogP contribution is 2.24. The average Bonchev–Trinajstić information content (AvgIpc) is 3.19. The number of likely N-dealkylation sites (tertiary alicyclic amines) is 1. The largest absolute Gasteiger partial charge is 0.373 e. The van der Waals surface area contributed by atoms with Gasteiger partial charge in [0.25, 0.3) is 5.91 Å². The first kappa shape index (κ1) is 17.6. The van der Waals surface area contributed by atoms with Crippen molar-refractivity contribution in [2.75, 3.05) is 26.2 Å². The minimum absolute atomic E-state index is 0.135. The van der Waals surface area contributed by atoms with E-state index >= 15 is 0 Å². The summed E-state index contributed by atoms with van der Waals surface area (Å²) in [6.07, 6.45) is 2.71. The zero-order chi connectivity index (χ0) is 18.3. The Balaban J connectivity index is 1.49. The van der Waals surface area contributed by atoms with Crippen LogP contribution < -0.4 is 0 Å². The number of nitrogens with one attached hydrogen (secondary N) is 1. The normalized spacial score (nSPS) is 27.3. The highest BCUT2D eigenvalue weighted by molar-refractivity contribution is 5.98. The second kappa shape index (κ2) is 7.05. The molecule has 1 aromatic carbocycles. The van der Waals surface area contributed by atoms with Crippen molar-refractivity contribution in [3.8, 4) is 0 Å². The first-order valence-corrected chi connectivity index (χ1v) is 9.78. The van der Waals surface area contributed by atoms with E-state index in [0.717, 1.165) is 49.9 Å². The number of H-pyrrole nitrogens is 1. The van der Waals surface area contributed by atoms with E-state index in [1.54, 1.807) is 0 Å². The van der Waals surface area contributed by atoms with Crippen molar-refractivity contribution in [3.63, 3.8) is 0 Å². The van der Waals surface area contributed by atoms with Crippen LogP contribution in [0.4, 0.5) is 0 Å². The van der Waals surface area contributed by atoms with Gasteiger partial charge in [0.2, 0.25) is 0 Å². The highest BCUT2D eigenvalue weighted by atomic mass is 16.5. The molecule has 3 unspecified atom stereocenters. The number of nitrogens with zero attached hydrogens (tertiary/aromatic N) is 2. The van der Waals surface area contributed by atoms with E-state index in [1.165, 1.54) is 5.56 Å². The molecule has 0 spiro atoms. The van der Waals surface area contributed by atoms with Gasteiger partial charge in [-0.1, -0.05) is 12.1 Å². The molecule has 1 N–H and O–H groups in total. The summed E-state index contributed by atoms with van der Waals surface area (Å²) >= 11 is 0. The van der Waals surface area contributed by atoms with E-state index in [4.69, 9.17) is 4.74 Å². The molecule has 0 saturated carbocycles. The van der Waals surface area contributed by atoms with Gasteiger partial charge in [-0.15, -0.1) is 0 Å². The summed E-state index contributed by atoms with van der Waals surface area (Å²) in [5.74, 6) is 0.135. The van der Waals surface area contributed by atoms with Crippen LogP contribution in [0, 0.1) is 6.92 Å². The summed E-state index contributed by atoms with van der Waals surface area (Å²) in [5.41, 5.74) is 2.95. The number of hydrogen-bond acceptors (Lipinski definition) is 3. The summed E-state index contributed by atoms with van der Waals surface area (Å²) in [5, 5.41) is 1.10. The van der Waals surface area contributed by atoms with E-state index in [2.05, 4.69) is 53.8 Å². The quantitative estimate of drug-likeness (QED) is 0.920. The number of fused-ring (bicyclic) bond motifs is 1. The second-order valence-electron chi connectivity index (χ2n) is 8.04. The number of aromatic amines is 1. The molecule has 5 heteroatoms. The fraction of sp³-hybridized carbons (Fsp3) is 0.571. The Morgan fingerprint density at radius 1 is 1.23 bits per heavy atom. The van der Waals surface area contributed by atoms with E-state index in [1.807, 2.05) is 6.07 Å². The predicted molar refractivity (Wildman–Crippen MR) is 104 cm³/mol. The van der Waals surface area contributed by atoms with Gasteiger partial charge in [0, 0.05) is 43.1 Å². The van der Waals surface area contributed by atoms with E-state index in [-0.39, 0.29) is 18.1 Å². The van der Waals surface area contributed by atoms with E-state index in [9.17, 15) is 4.79 Å². The molecular formula is C21H29N3O2. The molecule has 2 aliphatic rings. The van der Waals surface area contributed by atoms with Crippen LogP contribution >= 0.6 is 0 Å². The number of aromatic nitrogens is 1. The number of rotatable bonds is 3. The molecule has 2 aromatic rings. The van der Waals surface area contributed by atoms with Crippen LogP contribution in [0.5, 0.6) is 0 Å². The monoisotopic (exact) mass is 355 g/mol. The summed E-state index contributed by atoms with van der Waals surface area (Å²) < 4.78 is 5.84. The number of carbonyl (C=O) groups excluding carboxylic acids is 1. The van der Waals surface area contributed by atoms with Crippen LogP contribution in [-0.4, -0.2) is 65.1 Å². The summed E-state index contributed by atoms with van der Waals surface area (Å²) in [4.78, 5) is 21.0. The van der Waals surface area contributed by atoms with Gasteiger partial charge < -0.3 is 14.6 Å². The average molecular weight is 355 g/mol. The molecule has 3 heterocycles. The van der Waals surface area contributed by atoms with Crippen molar-refractivity contribution < 1.29 is 9.53 Å². The molecule has 0 aliphatic carbocycles. The molecular weight excluding hydrogens is 326 g/mol. The Morgan fingerprint density at radius 2 is 2.00 bits per heavy atom. The van der Waals surface area contributed by atoms with Gasteiger partial charge in [-0.05, 0) is 51.3 Å². The lowest BCUT2D eigenvalue weighted by Crippen LogP contribution is -2.51.